The van der Waals surface area contributed by atoms with E-state index in [1.54, 1.807) is 4.90 Å². The third-order valence-corrected chi connectivity index (χ3v) is 4.16. The van der Waals surface area contributed by atoms with Gasteiger partial charge in [-0.3, -0.25) is 4.79 Å². The van der Waals surface area contributed by atoms with E-state index in [0.717, 1.165) is 25.7 Å². The molecule has 0 bridgehead atoms. The predicted octanol–water partition coefficient (Wildman–Crippen LogP) is 0.415. The van der Waals surface area contributed by atoms with Crippen LogP contribution in [0.25, 0.3) is 0 Å². The number of hydrogen-bond acceptors (Lipinski definition) is 4. The van der Waals surface area contributed by atoms with E-state index in [1.165, 1.54) is 7.11 Å². The van der Waals surface area contributed by atoms with Crippen LogP contribution >= 0.6 is 0 Å². The van der Waals surface area contributed by atoms with Crippen LogP contribution in [0.4, 0.5) is 4.79 Å². The van der Waals surface area contributed by atoms with Crippen LogP contribution < -0.4 is 5.73 Å². The number of ether oxygens (including phenoxy) is 1. The molecule has 0 aromatic heterocycles. The molecule has 0 aromatic carbocycles. The van der Waals surface area contributed by atoms with Gasteiger partial charge in [0, 0.05) is 32.2 Å². The lowest BCUT2D eigenvalue weighted by molar-refractivity contribution is -0.138. The van der Waals surface area contributed by atoms with Gasteiger partial charge in [-0.1, -0.05) is 12.8 Å². The van der Waals surface area contributed by atoms with Gasteiger partial charge in [0.15, 0.2) is 0 Å². The maximum Gasteiger partial charge on any atom is 0.409 e. The highest BCUT2D eigenvalue weighted by molar-refractivity contribution is 5.80. The van der Waals surface area contributed by atoms with E-state index in [9.17, 15) is 9.59 Å². The Bertz CT molecular complexity index is 340. The molecule has 1 heterocycles. The lowest BCUT2D eigenvalue weighted by Gasteiger charge is -2.37. The highest BCUT2D eigenvalue weighted by atomic mass is 16.5. The Morgan fingerprint density at radius 3 is 2.21 bits per heavy atom. The lowest BCUT2D eigenvalue weighted by atomic mass is 9.84. The molecule has 6 nitrogen and oxygen atoms in total. The number of hydrogen-bond donors (Lipinski definition) is 1. The third kappa shape index (κ3) is 3.18. The van der Waals surface area contributed by atoms with Crippen molar-refractivity contribution in [1.29, 1.82) is 0 Å². The van der Waals surface area contributed by atoms with Crippen LogP contribution in [0.2, 0.25) is 0 Å². The van der Waals surface area contributed by atoms with Gasteiger partial charge < -0.3 is 20.3 Å². The molecule has 2 amide bonds. The van der Waals surface area contributed by atoms with Crippen molar-refractivity contribution >= 4 is 12.0 Å². The molecule has 1 aliphatic heterocycles. The largest absolute Gasteiger partial charge is 0.453 e. The summed E-state index contributed by atoms with van der Waals surface area (Å²) in [5, 5.41) is 0. The van der Waals surface area contributed by atoms with Gasteiger partial charge in [0.2, 0.25) is 5.91 Å². The molecule has 2 N–H and O–H groups in total. The second-order valence-electron chi connectivity index (χ2n) is 5.34. The van der Waals surface area contributed by atoms with E-state index in [-0.39, 0.29) is 24.0 Å². The standard InChI is InChI=1S/C13H23N3O3/c1-19-13(18)16-8-6-15(7-9-16)12(17)10-4-2-3-5-11(10)14/h10-11H,2-9,14H2,1H3. The SMILES string of the molecule is COC(=O)N1CCN(C(=O)C2CCCCC2N)CC1. The zero-order valence-electron chi connectivity index (χ0n) is 11.5. The van der Waals surface area contributed by atoms with Crippen LogP contribution in [0.3, 0.4) is 0 Å². The summed E-state index contributed by atoms with van der Waals surface area (Å²) in [7, 11) is 1.38. The maximum atomic E-state index is 12.4. The predicted molar refractivity (Wildman–Crippen MR) is 70.5 cm³/mol. The Morgan fingerprint density at radius 1 is 1.05 bits per heavy atom. The summed E-state index contributed by atoms with van der Waals surface area (Å²) >= 11 is 0. The summed E-state index contributed by atoms with van der Waals surface area (Å²) < 4.78 is 4.68. The summed E-state index contributed by atoms with van der Waals surface area (Å²) in [6, 6.07) is -0.000105. The van der Waals surface area contributed by atoms with Gasteiger partial charge in [-0.2, -0.15) is 0 Å². The second kappa shape index (κ2) is 6.23. The van der Waals surface area contributed by atoms with Crippen molar-refractivity contribution < 1.29 is 14.3 Å². The Hall–Kier alpha value is -1.30. The first-order valence-electron chi connectivity index (χ1n) is 7.00. The number of nitrogens with zero attached hydrogens (tertiary/aromatic N) is 2. The third-order valence-electron chi connectivity index (χ3n) is 4.16. The van der Waals surface area contributed by atoms with Crippen LogP contribution in [0.5, 0.6) is 0 Å². The number of carbonyl (C=O) groups excluding carboxylic acids is 2. The summed E-state index contributed by atoms with van der Waals surface area (Å²) in [5.41, 5.74) is 6.05. The van der Waals surface area contributed by atoms with Crippen LogP contribution in [0.15, 0.2) is 0 Å². The van der Waals surface area contributed by atoms with Crippen molar-refractivity contribution in [3.63, 3.8) is 0 Å². The van der Waals surface area contributed by atoms with Gasteiger partial charge in [-0.15, -0.1) is 0 Å². The van der Waals surface area contributed by atoms with Crippen molar-refractivity contribution in [2.75, 3.05) is 33.3 Å². The first-order valence-corrected chi connectivity index (χ1v) is 7.00. The number of nitrogens with two attached hydrogens (primary N) is 1. The summed E-state index contributed by atoms with van der Waals surface area (Å²) in [4.78, 5) is 27.3. The molecule has 0 spiro atoms. The Kier molecular flexibility index (Phi) is 4.63. The average Bonchev–Trinajstić information content (AvgIpc) is 2.46. The van der Waals surface area contributed by atoms with E-state index < -0.39 is 0 Å². The Balaban J connectivity index is 1.86. The molecule has 2 rings (SSSR count). The van der Waals surface area contributed by atoms with Crippen molar-refractivity contribution in [1.82, 2.24) is 9.80 Å². The number of rotatable bonds is 1. The zero-order valence-corrected chi connectivity index (χ0v) is 11.5. The molecule has 2 unspecified atom stereocenters. The van der Waals surface area contributed by atoms with Gasteiger partial charge in [0.1, 0.15) is 0 Å². The van der Waals surface area contributed by atoms with E-state index in [2.05, 4.69) is 4.74 Å². The molecule has 0 radical (unpaired) electrons. The monoisotopic (exact) mass is 269 g/mol. The van der Waals surface area contributed by atoms with Gasteiger partial charge in [-0.05, 0) is 12.8 Å². The fourth-order valence-corrected chi connectivity index (χ4v) is 2.94. The van der Waals surface area contributed by atoms with Gasteiger partial charge >= 0.3 is 6.09 Å². The molecule has 1 saturated carbocycles. The first kappa shape index (κ1) is 14.1. The van der Waals surface area contributed by atoms with Crippen molar-refractivity contribution in [3.8, 4) is 0 Å². The van der Waals surface area contributed by atoms with E-state index >= 15 is 0 Å². The van der Waals surface area contributed by atoms with Crippen LogP contribution in [0.1, 0.15) is 25.7 Å². The summed E-state index contributed by atoms with van der Waals surface area (Å²) in [5.74, 6) is 0.134. The van der Waals surface area contributed by atoms with E-state index in [0.29, 0.717) is 26.2 Å². The molecule has 1 aliphatic carbocycles. The van der Waals surface area contributed by atoms with Crippen molar-refractivity contribution in [2.24, 2.45) is 11.7 Å². The minimum atomic E-state index is -0.318. The van der Waals surface area contributed by atoms with E-state index in [1.807, 2.05) is 4.90 Å². The molecule has 1 saturated heterocycles. The van der Waals surface area contributed by atoms with Crippen molar-refractivity contribution in [3.05, 3.63) is 0 Å². The Labute approximate surface area is 113 Å². The minimum Gasteiger partial charge on any atom is -0.453 e. The summed E-state index contributed by atoms with van der Waals surface area (Å²) in [6.07, 6.45) is 3.74. The number of carbonyl (C=O) groups is 2. The van der Waals surface area contributed by atoms with Gasteiger partial charge in [-0.25, -0.2) is 4.79 Å². The molecular formula is C13H23N3O3. The molecule has 0 aromatic rings. The molecule has 2 aliphatic rings. The van der Waals surface area contributed by atoms with Crippen LogP contribution in [-0.4, -0.2) is 61.1 Å². The number of amides is 2. The van der Waals surface area contributed by atoms with Crippen LogP contribution in [0, 0.1) is 5.92 Å². The van der Waals surface area contributed by atoms with E-state index in [4.69, 9.17) is 5.73 Å². The fraction of sp³-hybridized carbons (Fsp3) is 0.846. The molecule has 108 valence electrons. The molecule has 2 fully saturated rings. The van der Waals surface area contributed by atoms with Crippen LogP contribution in [-0.2, 0) is 9.53 Å². The summed E-state index contributed by atoms with van der Waals surface area (Å²) in [6.45, 7) is 2.25. The molecular weight excluding hydrogens is 246 g/mol. The fourth-order valence-electron chi connectivity index (χ4n) is 2.94. The highest BCUT2D eigenvalue weighted by Gasteiger charge is 2.33. The van der Waals surface area contributed by atoms with Crippen molar-refractivity contribution in [2.45, 2.75) is 31.7 Å². The smallest absolute Gasteiger partial charge is 0.409 e. The molecule has 6 heteroatoms. The zero-order chi connectivity index (χ0) is 13.8. The second-order valence-corrected chi connectivity index (χ2v) is 5.34. The molecule has 2 atom stereocenters. The minimum absolute atomic E-state index is 0.000105. The number of methoxy groups -OCH3 is 1. The first-order chi connectivity index (χ1) is 9.13. The quantitative estimate of drug-likeness (QED) is 0.748. The highest BCUT2D eigenvalue weighted by Crippen LogP contribution is 2.25. The Morgan fingerprint density at radius 2 is 1.63 bits per heavy atom. The topological polar surface area (TPSA) is 75.9 Å². The average molecular weight is 269 g/mol. The van der Waals surface area contributed by atoms with Gasteiger partial charge in [0.25, 0.3) is 0 Å². The lowest BCUT2D eigenvalue weighted by Crippen LogP contribution is -2.54. The van der Waals surface area contributed by atoms with Gasteiger partial charge in [0.05, 0.1) is 13.0 Å². The maximum absolute atomic E-state index is 12.4. The molecule has 19 heavy (non-hydrogen) atoms. The normalized spacial score (nSPS) is 28.1. The number of piperazine rings is 1.